The lowest BCUT2D eigenvalue weighted by Gasteiger charge is -2.31. The van der Waals surface area contributed by atoms with Crippen LogP contribution in [0.1, 0.15) is 24.0 Å². The Morgan fingerprint density at radius 1 is 1.40 bits per heavy atom. The largest absolute Gasteiger partial charge is 0.416 e. The van der Waals surface area contributed by atoms with E-state index in [1.807, 2.05) is 0 Å². The van der Waals surface area contributed by atoms with E-state index < -0.39 is 17.8 Å². The van der Waals surface area contributed by atoms with E-state index in [-0.39, 0.29) is 17.2 Å². The normalized spacial score (nSPS) is 19.9. The molecule has 1 aliphatic heterocycles. The quantitative estimate of drug-likeness (QED) is 0.857. The molecule has 1 heterocycles. The first-order chi connectivity index (χ1) is 9.34. The molecule has 106 valence electrons. The second kappa shape index (κ2) is 5.13. The maximum atomic E-state index is 12.6. The van der Waals surface area contributed by atoms with Crippen molar-refractivity contribution < 1.29 is 18.0 Å². The minimum Gasteiger partial charge on any atom is -0.320 e. The van der Waals surface area contributed by atoms with Crippen molar-refractivity contribution in [2.45, 2.75) is 25.1 Å². The number of halogens is 3. The maximum Gasteiger partial charge on any atom is 0.416 e. The standard InChI is InChI=1S/C13H12F3N3O/c14-13(15,16)9-3-4-11(8(6-9)7-17)19-5-1-2-10(18)12(19)20/h3-4,6,10H,1-2,5,18H2. The first-order valence-electron chi connectivity index (χ1n) is 6.03. The van der Waals surface area contributed by atoms with Gasteiger partial charge in [-0.1, -0.05) is 0 Å². The SMILES string of the molecule is N#Cc1cc(C(F)(F)F)ccc1N1CCCC(N)C1=O. The fourth-order valence-electron chi connectivity index (χ4n) is 2.18. The molecule has 0 aliphatic carbocycles. The molecule has 0 spiro atoms. The van der Waals surface area contributed by atoms with Crippen molar-refractivity contribution in [3.8, 4) is 6.07 Å². The molecule has 0 bridgehead atoms. The summed E-state index contributed by atoms with van der Waals surface area (Å²) in [7, 11) is 0. The van der Waals surface area contributed by atoms with Crippen molar-refractivity contribution in [2.24, 2.45) is 5.73 Å². The third-order valence-corrected chi connectivity index (χ3v) is 3.22. The fourth-order valence-corrected chi connectivity index (χ4v) is 2.18. The second-order valence-electron chi connectivity index (χ2n) is 4.58. The van der Waals surface area contributed by atoms with Crippen LogP contribution in [0.2, 0.25) is 0 Å². The van der Waals surface area contributed by atoms with Gasteiger partial charge in [-0.05, 0) is 31.0 Å². The molecule has 1 unspecified atom stereocenters. The van der Waals surface area contributed by atoms with E-state index in [9.17, 15) is 18.0 Å². The smallest absolute Gasteiger partial charge is 0.320 e. The number of hydrogen-bond donors (Lipinski definition) is 1. The summed E-state index contributed by atoms with van der Waals surface area (Å²) in [5.74, 6) is -0.368. The van der Waals surface area contributed by atoms with Gasteiger partial charge in [0.2, 0.25) is 5.91 Å². The van der Waals surface area contributed by atoms with Crippen LogP contribution >= 0.6 is 0 Å². The van der Waals surface area contributed by atoms with Crippen LogP contribution in [0.5, 0.6) is 0 Å². The van der Waals surface area contributed by atoms with Gasteiger partial charge in [0.1, 0.15) is 6.07 Å². The Hall–Kier alpha value is -2.07. The highest BCUT2D eigenvalue weighted by atomic mass is 19.4. The van der Waals surface area contributed by atoms with Crippen molar-refractivity contribution in [1.82, 2.24) is 0 Å². The summed E-state index contributed by atoms with van der Waals surface area (Å²) in [5.41, 5.74) is 4.73. The van der Waals surface area contributed by atoms with Gasteiger partial charge < -0.3 is 10.6 Å². The Morgan fingerprint density at radius 3 is 2.70 bits per heavy atom. The Morgan fingerprint density at radius 2 is 2.10 bits per heavy atom. The first kappa shape index (κ1) is 14.3. The molecule has 4 nitrogen and oxygen atoms in total. The summed E-state index contributed by atoms with van der Waals surface area (Å²) in [6.45, 7) is 0.354. The summed E-state index contributed by atoms with van der Waals surface area (Å²) in [6, 6.07) is 3.80. The number of carbonyl (C=O) groups excluding carboxylic acids is 1. The number of rotatable bonds is 1. The number of hydrogen-bond acceptors (Lipinski definition) is 3. The van der Waals surface area contributed by atoms with Crippen LogP contribution in [0.15, 0.2) is 18.2 Å². The molecule has 1 saturated heterocycles. The number of alkyl halides is 3. The average molecular weight is 283 g/mol. The minimum absolute atomic E-state index is 0.178. The number of benzene rings is 1. The third kappa shape index (κ3) is 2.60. The van der Waals surface area contributed by atoms with Crippen molar-refractivity contribution >= 4 is 11.6 Å². The summed E-state index contributed by atoms with van der Waals surface area (Å²) >= 11 is 0. The second-order valence-corrected chi connectivity index (χ2v) is 4.58. The van der Waals surface area contributed by atoms with Crippen LogP contribution < -0.4 is 10.6 Å². The van der Waals surface area contributed by atoms with Gasteiger partial charge in [-0.15, -0.1) is 0 Å². The molecule has 1 aromatic rings. The molecule has 0 saturated carbocycles. The summed E-state index contributed by atoms with van der Waals surface area (Å²) in [5, 5.41) is 9.00. The Balaban J connectivity index is 2.43. The number of nitriles is 1. The number of nitrogens with two attached hydrogens (primary N) is 1. The fraction of sp³-hybridized carbons (Fsp3) is 0.385. The molecule has 1 aromatic carbocycles. The average Bonchev–Trinajstić information content (AvgIpc) is 2.40. The number of amides is 1. The predicted octanol–water partition coefficient (Wildman–Crippen LogP) is 2.03. The summed E-state index contributed by atoms with van der Waals surface area (Å²) in [4.78, 5) is 13.2. The Labute approximate surface area is 113 Å². The van der Waals surface area contributed by atoms with Crippen LogP contribution in [-0.2, 0) is 11.0 Å². The van der Waals surface area contributed by atoms with Crippen molar-refractivity contribution in [1.29, 1.82) is 5.26 Å². The highest BCUT2D eigenvalue weighted by molar-refractivity contribution is 5.98. The molecule has 0 radical (unpaired) electrons. The molecule has 1 fully saturated rings. The minimum atomic E-state index is -4.52. The topological polar surface area (TPSA) is 70.1 Å². The van der Waals surface area contributed by atoms with Gasteiger partial charge in [-0.3, -0.25) is 4.79 Å². The van der Waals surface area contributed by atoms with Crippen LogP contribution in [0, 0.1) is 11.3 Å². The van der Waals surface area contributed by atoms with Crippen LogP contribution in [0.25, 0.3) is 0 Å². The van der Waals surface area contributed by atoms with Gasteiger partial charge in [-0.25, -0.2) is 0 Å². The zero-order valence-electron chi connectivity index (χ0n) is 10.4. The molecule has 7 heteroatoms. The number of nitrogens with zero attached hydrogens (tertiary/aromatic N) is 2. The van der Waals surface area contributed by atoms with E-state index >= 15 is 0 Å². The van der Waals surface area contributed by atoms with Gasteiger partial charge in [-0.2, -0.15) is 18.4 Å². The van der Waals surface area contributed by atoms with Crippen molar-refractivity contribution in [3.63, 3.8) is 0 Å². The van der Waals surface area contributed by atoms with E-state index in [2.05, 4.69) is 0 Å². The lowest BCUT2D eigenvalue weighted by molar-refractivity contribution is -0.137. The van der Waals surface area contributed by atoms with Crippen molar-refractivity contribution in [3.05, 3.63) is 29.3 Å². The molecule has 2 N–H and O–H groups in total. The number of anilines is 1. The highest BCUT2D eigenvalue weighted by Crippen LogP contribution is 2.33. The number of piperidine rings is 1. The van der Waals surface area contributed by atoms with E-state index in [4.69, 9.17) is 11.0 Å². The monoisotopic (exact) mass is 283 g/mol. The van der Waals surface area contributed by atoms with Crippen LogP contribution in [-0.4, -0.2) is 18.5 Å². The molecular weight excluding hydrogens is 271 g/mol. The van der Waals surface area contributed by atoms with Crippen molar-refractivity contribution in [2.75, 3.05) is 11.4 Å². The van der Waals surface area contributed by atoms with Gasteiger partial charge in [0.15, 0.2) is 0 Å². The van der Waals surface area contributed by atoms with Crippen LogP contribution in [0.4, 0.5) is 18.9 Å². The summed E-state index contributed by atoms with van der Waals surface area (Å²) in [6.07, 6.45) is -3.33. The maximum absolute atomic E-state index is 12.6. The molecular formula is C13H12F3N3O. The molecule has 20 heavy (non-hydrogen) atoms. The Kier molecular flexibility index (Phi) is 3.68. The van der Waals surface area contributed by atoms with E-state index in [0.29, 0.717) is 19.4 Å². The lowest BCUT2D eigenvalue weighted by Crippen LogP contribution is -2.48. The molecule has 1 amide bonds. The van der Waals surface area contributed by atoms with Gasteiger partial charge in [0.25, 0.3) is 0 Å². The van der Waals surface area contributed by atoms with E-state index in [1.54, 1.807) is 6.07 Å². The van der Waals surface area contributed by atoms with E-state index in [0.717, 1.165) is 18.2 Å². The Bertz CT molecular complexity index is 577. The van der Waals surface area contributed by atoms with Gasteiger partial charge >= 0.3 is 6.18 Å². The van der Waals surface area contributed by atoms with Gasteiger partial charge in [0, 0.05) is 6.54 Å². The zero-order chi connectivity index (χ0) is 14.9. The zero-order valence-corrected chi connectivity index (χ0v) is 10.4. The molecule has 0 aromatic heterocycles. The van der Waals surface area contributed by atoms with Gasteiger partial charge in [0.05, 0.1) is 22.9 Å². The number of carbonyl (C=O) groups is 1. The van der Waals surface area contributed by atoms with E-state index in [1.165, 1.54) is 4.90 Å². The lowest BCUT2D eigenvalue weighted by atomic mass is 10.0. The molecule has 1 aliphatic rings. The highest BCUT2D eigenvalue weighted by Gasteiger charge is 2.33. The summed E-state index contributed by atoms with van der Waals surface area (Å²) < 4.78 is 37.8. The van der Waals surface area contributed by atoms with Crippen LogP contribution in [0.3, 0.4) is 0 Å². The molecule has 2 rings (SSSR count). The first-order valence-corrected chi connectivity index (χ1v) is 6.03. The molecule has 1 atom stereocenters. The third-order valence-electron chi connectivity index (χ3n) is 3.22. The predicted molar refractivity (Wildman–Crippen MR) is 65.7 cm³/mol.